The second-order valence-electron chi connectivity index (χ2n) is 10.0. The lowest BCUT2D eigenvalue weighted by atomic mass is 9.80. The Balaban J connectivity index is 1.29. The largest absolute Gasteiger partial charge is 0.425 e. The van der Waals surface area contributed by atoms with Crippen molar-refractivity contribution in [1.29, 1.82) is 0 Å². The fraction of sp³-hybridized carbons (Fsp3) is 0.600. The molecule has 1 aromatic carbocycles. The molecule has 1 saturated carbocycles. The van der Waals surface area contributed by atoms with Gasteiger partial charge in [-0.2, -0.15) is 0 Å². The van der Waals surface area contributed by atoms with Crippen molar-refractivity contribution in [2.45, 2.75) is 103 Å². The maximum absolute atomic E-state index is 13.0. The third kappa shape index (κ3) is 9.56. The summed E-state index contributed by atoms with van der Waals surface area (Å²) in [5, 5.41) is 0. The third-order valence-corrected chi connectivity index (χ3v) is 7.25. The number of benzene rings is 1. The normalized spacial score (nSPS) is 18.1. The highest BCUT2D eigenvalue weighted by Crippen LogP contribution is 2.33. The molecule has 2 aromatic rings. The van der Waals surface area contributed by atoms with E-state index < -0.39 is 0 Å². The number of hydrogen-bond acceptors (Lipinski definition) is 3. The fourth-order valence-electron chi connectivity index (χ4n) is 5.00. The SMILES string of the molecule is CCCCCCCCCCC1CCC(C(=O)Oc2ccc(CCc3ccc(F)cc3)nc2)CC1. The number of unbranched alkanes of at least 4 members (excludes halogenated alkanes) is 7. The van der Waals surface area contributed by atoms with Crippen LogP contribution >= 0.6 is 0 Å². The first-order valence-electron chi connectivity index (χ1n) is 13.5. The van der Waals surface area contributed by atoms with Crippen LogP contribution in [0.5, 0.6) is 5.75 Å². The highest BCUT2D eigenvalue weighted by atomic mass is 19.1. The molecular weight excluding hydrogens is 425 g/mol. The second-order valence-corrected chi connectivity index (χ2v) is 10.0. The Morgan fingerprint density at radius 3 is 2.21 bits per heavy atom. The molecule has 1 aliphatic rings. The number of carbonyl (C=O) groups is 1. The molecule has 4 heteroatoms. The Hall–Kier alpha value is -2.23. The van der Waals surface area contributed by atoms with Gasteiger partial charge in [-0.05, 0) is 74.3 Å². The highest BCUT2D eigenvalue weighted by molar-refractivity contribution is 5.75. The summed E-state index contributed by atoms with van der Waals surface area (Å²) in [6.07, 6.45) is 19.7. The van der Waals surface area contributed by atoms with Crippen molar-refractivity contribution in [3.05, 3.63) is 59.7 Å². The Bertz CT molecular complexity index is 826. The maximum atomic E-state index is 13.0. The summed E-state index contributed by atoms with van der Waals surface area (Å²) >= 11 is 0. The van der Waals surface area contributed by atoms with Crippen molar-refractivity contribution in [3.63, 3.8) is 0 Å². The lowest BCUT2D eigenvalue weighted by Gasteiger charge is -2.27. The van der Waals surface area contributed by atoms with E-state index in [1.165, 1.54) is 69.9 Å². The standard InChI is InChI=1S/C30H42FNO2/c1-2-3-4-5-6-7-8-9-10-24-11-16-26(17-12-24)30(33)34-29-22-21-28(32-23-29)20-15-25-13-18-27(31)19-14-25/h13-14,18-19,21-24,26H,2-12,15-17,20H2,1H3. The quantitative estimate of drug-likeness (QED) is 0.207. The van der Waals surface area contributed by atoms with Crippen LogP contribution in [0.3, 0.4) is 0 Å². The number of esters is 1. The summed E-state index contributed by atoms with van der Waals surface area (Å²) in [5.74, 6) is 1.01. The van der Waals surface area contributed by atoms with Crippen LogP contribution in [0.2, 0.25) is 0 Å². The highest BCUT2D eigenvalue weighted by Gasteiger charge is 2.27. The van der Waals surface area contributed by atoms with Crippen LogP contribution in [0.1, 0.15) is 102 Å². The predicted octanol–water partition coefficient (Wildman–Crippen LogP) is 8.25. The van der Waals surface area contributed by atoms with Gasteiger partial charge in [0.1, 0.15) is 11.6 Å². The monoisotopic (exact) mass is 467 g/mol. The van der Waals surface area contributed by atoms with Crippen LogP contribution in [0.25, 0.3) is 0 Å². The number of aromatic nitrogens is 1. The van der Waals surface area contributed by atoms with Gasteiger partial charge in [0.15, 0.2) is 0 Å². The smallest absolute Gasteiger partial charge is 0.314 e. The van der Waals surface area contributed by atoms with E-state index in [4.69, 9.17) is 4.74 Å². The van der Waals surface area contributed by atoms with E-state index in [-0.39, 0.29) is 17.7 Å². The van der Waals surface area contributed by atoms with E-state index in [0.29, 0.717) is 5.75 Å². The van der Waals surface area contributed by atoms with Gasteiger partial charge >= 0.3 is 5.97 Å². The average Bonchev–Trinajstić information content (AvgIpc) is 2.86. The molecule has 3 nitrogen and oxygen atoms in total. The summed E-state index contributed by atoms with van der Waals surface area (Å²) in [4.78, 5) is 17.1. The molecule has 0 saturated heterocycles. The molecule has 186 valence electrons. The van der Waals surface area contributed by atoms with Gasteiger partial charge in [0.2, 0.25) is 0 Å². The fourth-order valence-corrected chi connectivity index (χ4v) is 5.00. The van der Waals surface area contributed by atoms with Crippen molar-refractivity contribution in [3.8, 4) is 5.75 Å². The summed E-state index contributed by atoms with van der Waals surface area (Å²) in [6.45, 7) is 2.27. The van der Waals surface area contributed by atoms with Crippen molar-refractivity contribution in [2.24, 2.45) is 11.8 Å². The summed E-state index contributed by atoms with van der Waals surface area (Å²) in [5.41, 5.74) is 2.02. The first-order chi connectivity index (χ1) is 16.6. The lowest BCUT2D eigenvalue weighted by molar-refractivity contribution is -0.140. The van der Waals surface area contributed by atoms with Crippen LogP contribution in [0.15, 0.2) is 42.6 Å². The van der Waals surface area contributed by atoms with Gasteiger partial charge < -0.3 is 4.74 Å². The Kier molecular flexibility index (Phi) is 11.6. The van der Waals surface area contributed by atoms with Crippen molar-refractivity contribution in [1.82, 2.24) is 4.98 Å². The molecule has 0 unspecified atom stereocenters. The lowest BCUT2D eigenvalue weighted by Crippen LogP contribution is -2.25. The molecule has 1 aromatic heterocycles. The van der Waals surface area contributed by atoms with Crippen LogP contribution in [0.4, 0.5) is 4.39 Å². The molecule has 0 spiro atoms. The topological polar surface area (TPSA) is 39.2 Å². The van der Waals surface area contributed by atoms with Crippen LogP contribution in [0, 0.1) is 17.7 Å². The van der Waals surface area contributed by atoms with Crippen LogP contribution in [-0.4, -0.2) is 11.0 Å². The van der Waals surface area contributed by atoms with Crippen LogP contribution < -0.4 is 4.74 Å². The predicted molar refractivity (Wildman–Crippen MR) is 136 cm³/mol. The van der Waals surface area contributed by atoms with Gasteiger partial charge in [-0.15, -0.1) is 0 Å². The molecule has 1 fully saturated rings. The Morgan fingerprint density at radius 1 is 0.882 bits per heavy atom. The number of nitrogens with zero attached hydrogens (tertiary/aromatic N) is 1. The van der Waals surface area contributed by atoms with Crippen molar-refractivity contribution < 1.29 is 13.9 Å². The number of hydrogen-bond donors (Lipinski definition) is 0. The van der Waals surface area contributed by atoms with Gasteiger partial charge in [0.05, 0.1) is 12.1 Å². The zero-order chi connectivity index (χ0) is 24.0. The zero-order valence-electron chi connectivity index (χ0n) is 20.9. The Morgan fingerprint density at radius 2 is 1.56 bits per heavy atom. The summed E-state index contributed by atoms with van der Waals surface area (Å²) < 4.78 is 18.6. The third-order valence-electron chi connectivity index (χ3n) is 7.25. The van der Waals surface area contributed by atoms with Gasteiger partial charge in [0.25, 0.3) is 0 Å². The van der Waals surface area contributed by atoms with E-state index in [1.54, 1.807) is 18.3 Å². The van der Waals surface area contributed by atoms with Gasteiger partial charge in [-0.25, -0.2) is 4.39 Å². The number of halogens is 1. The van der Waals surface area contributed by atoms with E-state index >= 15 is 0 Å². The molecule has 1 heterocycles. The molecule has 0 radical (unpaired) electrons. The van der Waals surface area contributed by atoms with E-state index in [9.17, 15) is 9.18 Å². The average molecular weight is 468 g/mol. The van der Waals surface area contributed by atoms with Crippen molar-refractivity contribution in [2.75, 3.05) is 0 Å². The first kappa shape index (κ1) is 26.4. The van der Waals surface area contributed by atoms with E-state index in [1.807, 2.05) is 12.1 Å². The number of carbonyl (C=O) groups excluding carboxylic acids is 1. The van der Waals surface area contributed by atoms with Gasteiger partial charge in [-0.1, -0.05) is 76.8 Å². The number of ether oxygens (including phenoxy) is 1. The summed E-state index contributed by atoms with van der Waals surface area (Å²) in [7, 11) is 0. The number of rotatable bonds is 14. The molecule has 0 bridgehead atoms. The number of aryl methyl sites for hydroxylation is 2. The molecule has 0 amide bonds. The van der Waals surface area contributed by atoms with E-state index in [2.05, 4.69) is 11.9 Å². The van der Waals surface area contributed by atoms with Crippen LogP contribution in [-0.2, 0) is 17.6 Å². The summed E-state index contributed by atoms with van der Waals surface area (Å²) in [6, 6.07) is 10.3. The molecule has 0 N–H and O–H groups in total. The molecule has 1 aliphatic carbocycles. The second kappa shape index (κ2) is 14.9. The maximum Gasteiger partial charge on any atom is 0.314 e. The molecule has 3 rings (SSSR count). The molecule has 34 heavy (non-hydrogen) atoms. The Labute approximate surface area is 205 Å². The first-order valence-corrected chi connectivity index (χ1v) is 13.5. The minimum absolute atomic E-state index is 0.0213. The van der Waals surface area contributed by atoms with E-state index in [0.717, 1.165) is 55.7 Å². The zero-order valence-corrected chi connectivity index (χ0v) is 20.9. The molecule has 0 atom stereocenters. The van der Waals surface area contributed by atoms with Gasteiger partial charge in [-0.3, -0.25) is 9.78 Å². The molecule has 0 aliphatic heterocycles. The molecular formula is C30H42FNO2. The minimum Gasteiger partial charge on any atom is -0.425 e. The van der Waals surface area contributed by atoms with Crippen molar-refractivity contribution >= 4 is 5.97 Å². The van der Waals surface area contributed by atoms with Gasteiger partial charge in [0, 0.05) is 5.69 Å². The number of pyridine rings is 1. The minimum atomic E-state index is -0.218.